The van der Waals surface area contributed by atoms with Crippen molar-refractivity contribution in [3.05, 3.63) is 114 Å². The molecule has 1 fully saturated rings. The average molecular weight is 593 g/mol. The van der Waals surface area contributed by atoms with Crippen LogP contribution in [-0.2, 0) is 13.2 Å². The number of fused-ring (bicyclic) bond motifs is 1. The zero-order chi connectivity index (χ0) is 30.3. The SMILES string of the molecule is CN(CC(CCN1CCCN(c2nc3ccccc3n2Cc2ccc(CO)o2)CC1)c1cccnc1)C(=O)c1ccccc1. The number of para-hydroxylation sites is 2. The van der Waals surface area contributed by atoms with E-state index in [4.69, 9.17) is 9.40 Å². The topological polar surface area (TPSA) is 90.9 Å². The lowest BCUT2D eigenvalue weighted by Crippen LogP contribution is -2.35. The van der Waals surface area contributed by atoms with Gasteiger partial charge >= 0.3 is 0 Å². The van der Waals surface area contributed by atoms with Gasteiger partial charge in [-0.1, -0.05) is 36.4 Å². The molecule has 0 saturated carbocycles. The number of aliphatic hydroxyl groups excluding tert-OH is 1. The quantitative estimate of drug-likeness (QED) is 0.230. The Morgan fingerprint density at radius 2 is 1.77 bits per heavy atom. The summed E-state index contributed by atoms with van der Waals surface area (Å²) in [6.45, 7) is 5.73. The fourth-order valence-corrected chi connectivity index (χ4v) is 6.14. The standard InChI is InChI=1S/C35H40N6O3/c1-38(34(43)27-9-3-2-4-10-27)24-29(28-11-7-17-36-23-28)16-20-39-18-8-19-40(22-21-39)35-37-32-12-5-6-13-33(32)41(35)25-30-14-15-31(26-42)44-30/h2-7,9-15,17,23,29,42H,8,16,18-22,24-26H2,1H3. The largest absolute Gasteiger partial charge is 0.462 e. The van der Waals surface area contributed by atoms with Crippen molar-refractivity contribution in [1.29, 1.82) is 0 Å². The lowest BCUT2D eigenvalue weighted by Gasteiger charge is -2.28. The molecule has 0 radical (unpaired) electrons. The molecule has 1 atom stereocenters. The minimum absolute atomic E-state index is 0.0370. The molecule has 2 aromatic carbocycles. The Labute approximate surface area is 258 Å². The molecule has 0 bridgehead atoms. The minimum Gasteiger partial charge on any atom is -0.462 e. The first-order valence-electron chi connectivity index (χ1n) is 15.4. The van der Waals surface area contributed by atoms with E-state index in [-0.39, 0.29) is 18.4 Å². The number of aliphatic hydroxyl groups is 1. The van der Waals surface area contributed by atoms with Gasteiger partial charge in [-0.05, 0) is 74.0 Å². The molecule has 228 valence electrons. The third kappa shape index (κ3) is 6.85. The van der Waals surface area contributed by atoms with Crippen LogP contribution in [0.1, 0.15) is 46.2 Å². The van der Waals surface area contributed by atoms with E-state index in [1.165, 1.54) is 0 Å². The molecule has 6 rings (SSSR count). The molecule has 1 amide bonds. The van der Waals surface area contributed by atoms with Crippen LogP contribution in [0.3, 0.4) is 0 Å². The Morgan fingerprint density at radius 3 is 2.57 bits per heavy atom. The van der Waals surface area contributed by atoms with Gasteiger partial charge in [0.15, 0.2) is 0 Å². The van der Waals surface area contributed by atoms with Gasteiger partial charge in [0.2, 0.25) is 5.95 Å². The maximum Gasteiger partial charge on any atom is 0.253 e. The number of hydrogen-bond acceptors (Lipinski definition) is 7. The highest BCUT2D eigenvalue weighted by molar-refractivity contribution is 5.94. The van der Waals surface area contributed by atoms with Crippen LogP contribution in [0, 0.1) is 0 Å². The van der Waals surface area contributed by atoms with Crippen LogP contribution in [0.25, 0.3) is 11.0 Å². The van der Waals surface area contributed by atoms with Gasteiger partial charge in [-0.15, -0.1) is 0 Å². The van der Waals surface area contributed by atoms with E-state index >= 15 is 0 Å². The summed E-state index contributed by atoms with van der Waals surface area (Å²) in [7, 11) is 1.89. The molecule has 9 nitrogen and oxygen atoms in total. The van der Waals surface area contributed by atoms with Crippen molar-refractivity contribution in [1.82, 2.24) is 24.3 Å². The summed E-state index contributed by atoms with van der Waals surface area (Å²) in [5.74, 6) is 2.53. The van der Waals surface area contributed by atoms with E-state index in [2.05, 4.69) is 37.5 Å². The predicted octanol–water partition coefficient (Wildman–Crippen LogP) is 5.02. The zero-order valence-corrected chi connectivity index (χ0v) is 25.3. The number of carbonyl (C=O) groups is 1. The summed E-state index contributed by atoms with van der Waals surface area (Å²) < 4.78 is 8.07. The van der Waals surface area contributed by atoms with E-state index in [1.807, 2.05) is 78.8 Å². The number of aromatic nitrogens is 3. The molecular formula is C35H40N6O3. The first-order valence-corrected chi connectivity index (χ1v) is 15.4. The normalized spacial score (nSPS) is 14.9. The molecule has 1 N–H and O–H groups in total. The number of hydrogen-bond donors (Lipinski definition) is 1. The summed E-state index contributed by atoms with van der Waals surface area (Å²) in [5, 5.41) is 9.47. The molecule has 1 saturated heterocycles. The van der Waals surface area contributed by atoms with Gasteiger partial charge in [-0.2, -0.15) is 0 Å². The maximum absolute atomic E-state index is 13.1. The number of rotatable bonds is 11. The first-order chi connectivity index (χ1) is 21.6. The van der Waals surface area contributed by atoms with E-state index in [9.17, 15) is 9.90 Å². The second-order valence-electron chi connectivity index (χ2n) is 11.5. The lowest BCUT2D eigenvalue weighted by molar-refractivity contribution is 0.0782. The van der Waals surface area contributed by atoms with E-state index in [1.54, 1.807) is 6.20 Å². The van der Waals surface area contributed by atoms with E-state index in [0.717, 1.165) is 73.9 Å². The van der Waals surface area contributed by atoms with Crippen LogP contribution in [0.2, 0.25) is 0 Å². The second kappa shape index (κ2) is 13.9. The van der Waals surface area contributed by atoms with Crippen LogP contribution in [0.4, 0.5) is 5.95 Å². The van der Waals surface area contributed by atoms with Gasteiger partial charge in [-0.25, -0.2) is 4.98 Å². The van der Waals surface area contributed by atoms with Crippen LogP contribution in [0.15, 0.2) is 95.7 Å². The number of imidazole rings is 1. The molecule has 1 aliphatic rings. The van der Waals surface area contributed by atoms with Crippen molar-refractivity contribution >= 4 is 22.9 Å². The number of pyridine rings is 1. The molecule has 0 aliphatic carbocycles. The lowest BCUT2D eigenvalue weighted by atomic mass is 9.96. The second-order valence-corrected chi connectivity index (χ2v) is 11.5. The number of benzene rings is 2. The van der Waals surface area contributed by atoms with Crippen LogP contribution >= 0.6 is 0 Å². The predicted molar refractivity (Wildman–Crippen MR) is 172 cm³/mol. The molecule has 1 unspecified atom stereocenters. The zero-order valence-electron chi connectivity index (χ0n) is 25.3. The summed E-state index contributed by atoms with van der Waals surface area (Å²) in [4.78, 5) is 29.3. The first kappa shape index (κ1) is 29.6. The van der Waals surface area contributed by atoms with Crippen LogP contribution < -0.4 is 4.90 Å². The number of nitrogens with zero attached hydrogens (tertiary/aromatic N) is 6. The van der Waals surface area contributed by atoms with Crippen molar-refractivity contribution < 1.29 is 14.3 Å². The molecule has 0 spiro atoms. The summed E-state index contributed by atoms with van der Waals surface area (Å²) in [6, 6.07) is 25.6. The number of furan rings is 1. The number of likely N-dealkylation sites (N-methyl/N-ethyl adjacent to an activating group) is 1. The van der Waals surface area contributed by atoms with Gasteiger partial charge in [0, 0.05) is 57.1 Å². The molecule has 44 heavy (non-hydrogen) atoms. The van der Waals surface area contributed by atoms with Gasteiger partial charge in [0.05, 0.1) is 17.6 Å². The third-order valence-electron chi connectivity index (χ3n) is 8.50. The molecular weight excluding hydrogens is 552 g/mol. The van der Waals surface area contributed by atoms with Gasteiger partial charge < -0.3 is 28.8 Å². The van der Waals surface area contributed by atoms with Crippen molar-refractivity contribution in [3.8, 4) is 0 Å². The highest BCUT2D eigenvalue weighted by Crippen LogP contribution is 2.27. The fourth-order valence-electron chi connectivity index (χ4n) is 6.14. The smallest absolute Gasteiger partial charge is 0.253 e. The van der Waals surface area contributed by atoms with E-state index in [0.29, 0.717) is 24.4 Å². The Bertz CT molecular complexity index is 1650. The third-order valence-corrected chi connectivity index (χ3v) is 8.50. The number of anilines is 1. The Morgan fingerprint density at radius 1 is 0.955 bits per heavy atom. The van der Waals surface area contributed by atoms with Crippen molar-refractivity contribution in [3.63, 3.8) is 0 Å². The molecule has 3 aromatic heterocycles. The van der Waals surface area contributed by atoms with Crippen LogP contribution in [-0.4, -0.2) is 81.7 Å². The monoisotopic (exact) mass is 592 g/mol. The molecule has 5 aromatic rings. The summed E-state index contributed by atoms with van der Waals surface area (Å²) in [5.41, 5.74) is 3.90. The summed E-state index contributed by atoms with van der Waals surface area (Å²) >= 11 is 0. The maximum atomic E-state index is 13.1. The van der Waals surface area contributed by atoms with Crippen molar-refractivity contribution in [2.45, 2.75) is 31.9 Å². The Kier molecular flexibility index (Phi) is 9.34. The Hall–Kier alpha value is -4.47. The minimum atomic E-state index is -0.110. The average Bonchev–Trinajstić information content (AvgIpc) is 3.60. The van der Waals surface area contributed by atoms with Gasteiger partial charge in [-0.3, -0.25) is 9.78 Å². The highest BCUT2D eigenvalue weighted by atomic mass is 16.4. The summed E-state index contributed by atoms with van der Waals surface area (Å²) in [6.07, 6.45) is 5.70. The van der Waals surface area contributed by atoms with Crippen molar-refractivity contribution in [2.24, 2.45) is 0 Å². The number of amides is 1. The molecule has 1 aliphatic heterocycles. The molecule has 9 heteroatoms. The highest BCUT2D eigenvalue weighted by Gasteiger charge is 2.24. The Balaban J connectivity index is 1.13. The molecule has 4 heterocycles. The van der Waals surface area contributed by atoms with Gasteiger partial charge in [0.25, 0.3) is 5.91 Å². The fraction of sp³-hybridized carbons (Fsp3) is 0.343. The van der Waals surface area contributed by atoms with E-state index < -0.39 is 0 Å². The van der Waals surface area contributed by atoms with Crippen molar-refractivity contribution in [2.75, 3.05) is 51.2 Å². The van der Waals surface area contributed by atoms with Crippen LogP contribution in [0.5, 0.6) is 0 Å². The van der Waals surface area contributed by atoms with Gasteiger partial charge in [0.1, 0.15) is 18.1 Å². The number of carbonyl (C=O) groups excluding carboxylic acids is 1.